The Hall–Kier alpha value is -1.12. The quantitative estimate of drug-likeness (QED) is 0.797. The molecule has 0 aliphatic carbocycles. The summed E-state index contributed by atoms with van der Waals surface area (Å²) >= 11 is 0. The first-order chi connectivity index (χ1) is 9.69. The molecule has 20 heavy (non-hydrogen) atoms. The Bertz CT molecular complexity index is 433. The fourth-order valence-electron chi connectivity index (χ4n) is 2.64. The maximum atomic E-state index is 3.42. The molecule has 1 heterocycles. The molecule has 0 saturated carbocycles. The van der Waals surface area contributed by atoms with Crippen molar-refractivity contribution in [2.45, 2.75) is 39.7 Å². The molecule has 0 saturated heterocycles. The zero-order valence-corrected chi connectivity index (χ0v) is 13.2. The molecule has 0 radical (unpaired) electrons. The van der Waals surface area contributed by atoms with Crippen LogP contribution in [-0.4, -0.2) is 31.1 Å². The van der Waals surface area contributed by atoms with Crippen molar-refractivity contribution in [1.29, 1.82) is 0 Å². The predicted octanol–water partition coefficient (Wildman–Crippen LogP) is 3.55. The zero-order valence-electron chi connectivity index (χ0n) is 13.2. The van der Waals surface area contributed by atoms with Crippen LogP contribution >= 0.6 is 0 Å². The van der Waals surface area contributed by atoms with E-state index in [0.717, 1.165) is 26.2 Å². The van der Waals surface area contributed by atoms with Crippen LogP contribution in [0.5, 0.6) is 0 Å². The molecule has 1 aromatic carbocycles. The average molecular weight is 272 g/mol. The summed E-state index contributed by atoms with van der Waals surface area (Å²) in [5, 5.41) is 3.42. The third-order valence-electron chi connectivity index (χ3n) is 4.18. The van der Waals surface area contributed by atoms with Gasteiger partial charge in [0.15, 0.2) is 0 Å². The molecule has 1 N–H and O–H groups in total. The lowest BCUT2D eigenvalue weighted by Crippen LogP contribution is -2.27. The Morgan fingerprint density at radius 2 is 2.00 bits per heavy atom. The van der Waals surface area contributed by atoms with Crippen LogP contribution < -0.4 is 5.32 Å². The number of nitrogens with zero attached hydrogens (tertiary/aromatic N) is 1. The van der Waals surface area contributed by atoms with Crippen molar-refractivity contribution in [2.24, 2.45) is 0 Å². The Morgan fingerprint density at radius 3 is 2.60 bits per heavy atom. The molecule has 1 aromatic rings. The summed E-state index contributed by atoms with van der Waals surface area (Å²) in [5.74, 6) is 0.588. The van der Waals surface area contributed by atoms with E-state index in [0.29, 0.717) is 5.92 Å². The minimum atomic E-state index is 0.588. The number of rotatable bonds is 6. The highest BCUT2D eigenvalue weighted by atomic mass is 15.1. The summed E-state index contributed by atoms with van der Waals surface area (Å²) in [7, 11) is 0. The standard InChI is InChI=1S/C18H28N2/c1-4-19-13-16(3)18-7-5-17(6-8-18)14-20-11-9-15(2)10-12-20/h5-9,16,19H,4,10-14H2,1-3H3. The molecule has 0 aromatic heterocycles. The minimum absolute atomic E-state index is 0.588. The van der Waals surface area contributed by atoms with E-state index in [9.17, 15) is 0 Å². The maximum absolute atomic E-state index is 3.42. The molecule has 1 aliphatic heterocycles. The molecule has 0 amide bonds. The maximum Gasteiger partial charge on any atom is 0.0237 e. The number of hydrogen-bond acceptors (Lipinski definition) is 2. The smallest absolute Gasteiger partial charge is 0.0237 e. The summed E-state index contributed by atoms with van der Waals surface area (Å²) in [4.78, 5) is 2.52. The van der Waals surface area contributed by atoms with Crippen molar-refractivity contribution in [1.82, 2.24) is 10.2 Å². The zero-order chi connectivity index (χ0) is 14.4. The van der Waals surface area contributed by atoms with Crippen LogP contribution in [0.3, 0.4) is 0 Å². The minimum Gasteiger partial charge on any atom is -0.316 e. The molecule has 2 rings (SSSR count). The fraction of sp³-hybridized carbons (Fsp3) is 0.556. The molecule has 110 valence electrons. The second kappa shape index (κ2) is 7.61. The fourth-order valence-corrected chi connectivity index (χ4v) is 2.64. The number of likely N-dealkylation sites (N-methyl/N-ethyl adjacent to an activating group) is 1. The number of hydrogen-bond donors (Lipinski definition) is 1. The van der Waals surface area contributed by atoms with E-state index < -0.39 is 0 Å². The molecule has 2 heteroatoms. The highest BCUT2D eigenvalue weighted by Crippen LogP contribution is 2.17. The van der Waals surface area contributed by atoms with Crippen LogP contribution in [0, 0.1) is 0 Å². The third kappa shape index (κ3) is 4.46. The Morgan fingerprint density at radius 1 is 1.25 bits per heavy atom. The van der Waals surface area contributed by atoms with Crippen molar-refractivity contribution in [3.05, 3.63) is 47.0 Å². The topological polar surface area (TPSA) is 15.3 Å². The van der Waals surface area contributed by atoms with Gasteiger partial charge in [0.05, 0.1) is 0 Å². The summed E-state index contributed by atoms with van der Waals surface area (Å²) in [6.45, 7) is 12.2. The molecule has 0 fully saturated rings. The van der Waals surface area contributed by atoms with Crippen LogP contribution in [0.25, 0.3) is 0 Å². The monoisotopic (exact) mass is 272 g/mol. The number of nitrogens with one attached hydrogen (secondary N) is 1. The van der Waals surface area contributed by atoms with E-state index in [2.05, 4.69) is 61.3 Å². The summed E-state index contributed by atoms with van der Waals surface area (Å²) in [5.41, 5.74) is 4.40. The Labute approximate surface area is 123 Å². The van der Waals surface area contributed by atoms with Gasteiger partial charge in [-0.2, -0.15) is 0 Å². The van der Waals surface area contributed by atoms with Crippen LogP contribution in [0.2, 0.25) is 0 Å². The molecule has 1 unspecified atom stereocenters. The normalized spacial score (nSPS) is 17.9. The predicted molar refractivity (Wildman–Crippen MR) is 87.1 cm³/mol. The first-order valence-electron chi connectivity index (χ1n) is 7.86. The summed E-state index contributed by atoms with van der Waals surface area (Å²) in [6.07, 6.45) is 3.58. The van der Waals surface area contributed by atoms with E-state index in [-0.39, 0.29) is 0 Å². The van der Waals surface area contributed by atoms with Gasteiger partial charge in [0.2, 0.25) is 0 Å². The molecular weight excluding hydrogens is 244 g/mol. The molecule has 0 spiro atoms. The highest BCUT2D eigenvalue weighted by molar-refractivity contribution is 5.25. The van der Waals surface area contributed by atoms with E-state index in [1.807, 2.05) is 0 Å². The van der Waals surface area contributed by atoms with Crippen LogP contribution in [0.1, 0.15) is 44.2 Å². The lowest BCUT2D eigenvalue weighted by Gasteiger charge is -2.25. The average Bonchev–Trinajstić information content (AvgIpc) is 2.48. The van der Waals surface area contributed by atoms with Gasteiger partial charge in [-0.3, -0.25) is 4.90 Å². The van der Waals surface area contributed by atoms with Crippen LogP contribution in [-0.2, 0) is 6.54 Å². The lowest BCUT2D eigenvalue weighted by atomic mass is 9.99. The SMILES string of the molecule is CCNCC(C)c1ccc(CN2CC=C(C)CC2)cc1. The van der Waals surface area contributed by atoms with Gasteiger partial charge in [-0.05, 0) is 36.9 Å². The lowest BCUT2D eigenvalue weighted by molar-refractivity contribution is 0.286. The van der Waals surface area contributed by atoms with Gasteiger partial charge in [-0.1, -0.05) is 49.8 Å². The van der Waals surface area contributed by atoms with Crippen molar-refractivity contribution in [3.8, 4) is 0 Å². The third-order valence-corrected chi connectivity index (χ3v) is 4.18. The van der Waals surface area contributed by atoms with E-state index in [1.54, 1.807) is 0 Å². The van der Waals surface area contributed by atoms with Crippen molar-refractivity contribution >= 4 is 0 Å². The van der Waals surface area contributed by atoms with Gasteiger partial charge in [-0.25, -0.2) is 0 Å². The first-order valence-corrected chi connectivity index (χ1v) is 7.86. The molecular formula is C18H28N2. The van der Waals surface area contributed by atoms with Gasteiger partial charge in [0, 0.05) is 26.2 Å². The van der Waals surface area contributed by atoms with E-state index in [4.69, 9.17) is 0 Å². The highest BCUT2D eigenvalue weighted by Gasteiger charge is 2.10. The summed E-state index contributed by atoms with van der Waals surface area (Å²) in [6, 6.07) is 9.18. The van der Waals surface area contributed by atoms with Gasteiger partial charge >= 0.3 is 0 Å². The molecule has 1 aliphatic rings. The van der Waals surface area contributed by atoms with Gasteiger partial charge in [0.25, 0.3) is 0 Å². The van der Waals surface area contributed by atoms with Crippen molar-refractivity contribution < 1.29 is 0 Å². The van der Waals surface area contributed by atoms with Crippen molar-refractivity contribution in [2.75, 3.05) is 26.2 Å². The van der Waals surface area contributed by atoms with Crippen LogP contribution in [0.4, 0.5) is 0 Å². The van der Waals surface area contributed by atoms with Gasteiger partial charge in [0.1, 0.15) is 0 Å². The second-order valence-electron chi connectivity index (χ2n) is 5.99. The van der Waals surface area contributed by atoms with Crippen LogP contribution in [0.15, 0.2) is 35.9 Å². The van der Waals surface area contributed by atoms with Gasteiger partial charge in [-0.15, -0.1) is 0 Å². The molecule has 2 nitrogen and oxygen atoms in total. The summed E-state index contributed by atoms with van der Waals surface area (Å²) < 4.78 is 0. The first kappa shape index (κ1) is 15.3. The van der Waals surface area contributed by atoms with E-state index >= 15 is 0 Å². The molecule has 0 bridgehead atoms. The second-order valence-corrected chi connectivity index (χ2v) is 5.99. The molecule has 1 atom stereocenters. The Kier molecular flexibility index (Phi) is 5.81. The largest absolute Gasteiger partial charge is 0.316 e. The number of benzene rings is 1. The van der Waals surface area contributed by atoms with Gasteiger partial charge < -0.3 is 5.32 Å². The Balaban J connectivity index is 1.88. The van der Waals surface area contributed by atoms with E-state index in [1.165, 1.54) is 29.7 Å². The van der Waals surface area contributed by atoms with Crippen molar-refractivity contribution in [3.63, 3.8) is 0 Å².